The zero-order valence-corrected chi connectivity index (χ0v) is 12.8. The molecule has 6 heteroatoms. The number of ether oxygens (including phenoxy) is 2. The first-order valence-corrected chi connectivity index (χ1v) is 7.02. The smallest absolute Gasteiger partial charge is 0.258 e. The maximum absolute atomic E-state index is 12.4. The Morgan fingerprint density at radius 2 is 1.91 bits per heavy atom. The summed E-state index contributed by atoms with van der Waals surface area (Å²) in [6.45, 7) is 0.456. The van der Waals surface area contributed by atoms with Crippen molar-refractivity contribution in [1.29, 1.82) is 0 Å². The van der Waals surface area contributed by atoms with Crippen molar-refractivity contribution >= 4 is 5.91 Å². The van der Waals surface area contributed by atoms with Gasteiger partial charge in [0.15, 0.2) is 5.66 Å². The molecule has 0 radical (unpaired) electrons. The molecular weight excluding hydrogens is 282 g/mol. The molecule has 1 aromatic rings. The van der Waals surface area contributed by atoms with Crippen LogP contribution in [-0.2, 0) is 0 Å². The highest BCUT2D eigenvalue weighted by Crippen LogP contribution is 2.36. The highest BCUT2D eigenvalue weighted by atomic mass is 16.5. The number of benzene rings is 1. The van der Waals surface area contributed by atoms with Crippen LogP contribution in [-0.4, -0.2) is 32.3 Å². The second-order valence-electron chi connectivity index (χ2n) is 4.93. The van der Waals surface area contributed by atoms with Crippen molar-refractivity contribution in [3.8, 4) is 23.8 Å². The van der Waals surface area contributed by atoms with E-state index in [1.807, 2.05) is 0 Å². The maximum Gasteiger partial charge on any atom is 0.258 e. The first kappa shape index (κ1) is 15.8. The molecule has 0 spiro atoms. The van der Waals surface area contributed by atoms with E-state index in [0.717, 1.165) is 6.42 Å². The highest BCUT2D eigenvalue weighted by molar-refractivity contribution is 5.99. The summed E-state index contributed by atoms with van der Waals surface area (Å²) in [5, 5.41) is 10.9. The second-order valence-corrected chi connectivity index (χ2v) is 4.93. The van der Waals surface area contributed by atoms with Crippen LogP contribution < -0.4 is 14.8 Å². The van der Waals surface area contributed by atoms with Crippen molar-refractivity contribution in [2.24, 2.45) is 10.2 Å². The normalized spacial score (nSPS) is 14.0. The predicted octanol–water partition coefficient (Wildman–Crippen LogP) is 2.40. The Bertz CT molecular complexity index is 591. The molecule has 1 aliphatic heterocycles. The van der Waals surface area contributed by atoms with Crippen molar-refractivity contribution in [2.45, 2.75) is 24.9 Å². The minimum atomic E-state index is -0.398. The molecule has 116 valence electrons. The lowest BCUT2D eigenvalue weighted by Gasteiger charge is -2.14. The second kappa shape index (κ2) is 6.94. The number of methoxy groups -OCH3 is 2. The summed E-state index contributed by atoms with van der Waals surface area (Å²) in [7, 11) is 3.03. The average molecular weight is 301 g/mol. The van der Waals surface area contributed by atoms with Gasteiger partial charge in [0.05, 0.1) is 14.2 Å². The lowest BCUT2D eigenvalue weighted by molar-refractivity contribution is 0.0945. The fraction of sp³-hybridized carbons (Fsp3) is 0.438. The van der Waals surface area contributed by atoms with E-state index in [4.69, 9.17) is 15.9 Å². The molecule has 0 saturated heterocycles. The molecule has 22 heavy (non-hydrogen) atoms. The van der Waals surface area contributed by atoms with Gasteiger partial charge in [-0.3, -0.25) is 4.79 Å². The van der Waals surface area contributed by atoms with E-state index < -0.39 is 5.66 Å². The quantitative estimate of drug-likeness (QED) is 0.749. The van der Waals surface area contributed by atoms with E-state index in [2.05, 4.69) is 21.5 Å². The Morgan fingerprint density at radius 1 is 1.27 bits per heavy atom. The minimum absolute atomic E-state index is 0.248. The van der Waals surface area contributed by atoms with Crippen LogP contribution in [0.3, 0.4) is 0 Å². The number of rotatable bonds is 8. The number of terminal acetylenes is 1. The summed E-state index contributed by atoms with van der Waals surface area (Å²) < 4.78 is 10.4. The van der Waals surface area contributed by atoms with Crippen LogP contribution in [0.15, 0.2) is 28.4 Å². The van der Waals surface area contributed by atoms with Crippen molar-refractivity contribution in [2.75, 3.05) is 20.8 Å². The summed E-state index contributed by atoms with van der Waals surface area (Å²) in [4.78, 5) is 12.4. The molecule has 0 atom stereocenters. The molecule has 0 fully saturated rings. The van der Waals surface area contributed by atoms with E-state index in [-0.39, 0.29) is 5.91 Å². The number of carbonyl (C=O) groups excluding carboxylic acids is 1. The van der Waals surface area contributed by atoms with Crippen LogP contribution in [0.5, 0.6) is 11.5 Å². The molecule has 1 aliphatic rings. The highest BCUT2D eigenvalue weighted by Gasteiger charge is 2.38. The van der Waals surface area contributed by atoms with Gasteiger partial charge in [-0.2, -0.15) is 10.2 Å². The number of nitrogens with zero attached hydrogens (tertiary/aromatic N) is 2. The Labute approximate surface area is 129 Å². The summed E-state index contributed by atoms with van der Waals surface area (Å²) in [6.07, 6.45) is 7.23. The molecule has 0 unspecified atom stereocenters. The third-order valence-electron chi connectivity index (χ3n) is 3.52. The summed E-state index contributed by atoms with van der Waals surface area (Å²) >= 11 is 0. The summed E-state index contributed by atoms with van der Waals surface area (Å²) in [6, 6.07) is 5.21. The average Bonchev–Trinajstić information content (AvgIpc) is 3.32. The molecular formula is C16H19N3O3. The number of carbonyl (C=O) groups is 1. The van der Waals surface area contributed by atoms with E-state index in [9.17, 15) is 4.79 Å². The van der Waals surface area contributed by atoms with Gasteiger partial charge in [-0.15, -0.1) is 12.3 Å². The first-order valence-electron chi connectivity index (χ1n) is 7.02. The van der Waals surface area contributed by atoms with Gasteiger partial charge in [-0.05, 0) is 12.1 Å². The summed E-state index contributed by atoms with van der Waals surface area (Å²) in [5.41, 5.74) is -0.0142. The maximum atomic E-state index is 12.4. The van der Waals surface area contributed by atoms with E-state index in [0.29, 0.717) is 36.4 Å². The van der Waals surface area contributed by atoms with Crippen LogP contribution in [0.1, 0.15) is 29.6 Å². The third-order valence-corrected chi connectivity index (χ3v) is 3.52. The molecule has 6 nitrogen and oxygen atoms in total. The van der Waals surface area contributed by atoms with Crippen molar-refractivity contribution < 1.29 is 14.3 Å². The fourth-order valence-corrected chi connectivity index (χ4v) is 2.21. The molecule has 1 aromatic carbocycles. The molecule has 0 saturated carbocycles. The van der Waals surface area contributed by atoms with Gasteiger partial charge in [0.2, 0.25) is 0 Å². The van der Waals surface area contributed by atoms with E-state index in [1.54, 1.807) is 18.2 Å². The Hall–Kier alpha value is -2.55. The Kier molecular flexibility index (Phi) is 4.99. The van der Waals surface area contributed by atoms with Crippen LogP contribution in [0, 0.1) is 12.3 Å². The number of hydrogen-bond acceptors (Lipinski definition) is 5. The number of nitrogens with one attached hydrogen (secondary N) is 1. The fourth-order valence-electron chi connectivity index (χ4n) is 2.21. The van der Waals surface area contributed by atoms with Crippen LogP contribution >= 0.6 is 0 Å². The third kappa shape index (κ3) is 3.55. The predicted molar refractivity (Wildman–Crippen MR) is 82.2 cm³/mol. The van der Waals surface area contributed by atoms with Gasteiger partial charge in [0.25, 0.3) is 5.91 Å². The SMILES string of the molecule is C#CCCC1(CCNC(=O)c2c(OC)cccc2OC)N=N1. The standard InChI is InChI=1S/C16H19N3O3/c1-4-5-9-16(18-19-16)10-11-17-15(20)14-12(21-2)7-6-8-13(14)22-3/h1,6-8H,5,9-11H2,2-3H3,(H,17,20). The van der Waals surface area contributed by atoms with Crippen molar-refractivity contribution in [3.63, 3.8) is 0 Å². The molecule has 2 rings (SSSR count). The first-order chi connectivity index (χ1) is 10.7. The van der Waals surface area contributed by atoms with Crippen molar-refractivity contribution in [3.05, 3.63) is 23.8 Å². The lowest BCUT2D eigenvalue weighted by atomic mass is 10.0. The van der Waals surface area contributed by atoms with E-state index in [1.165, 1.54) is 14.2 Å². The van der Waals surface area contributed by atoms with Gasteiger partial charge in [0, 0.05) is 25.8 Å². The Morgan fingerprint density at radius 3 is 2.41 bits per heavy atom. The van der Waals surface area contributed by atoms with Gasteiger partial charge < -0.3 is 14.8 Å². The van der Waals surface area contributed by atoms with Crippen LogP contribution in [0.2, 0.25) is 0 Å². The largest absolute Gasteiger partial charge is 0.496 e. The molecule has 1 heterocycles. The van der Waals surface area contributed by atoms with Gasteiger partial charge in [-0.25, -0.2) is 0 Å². The lowest BCUT2D eigenvalue weighted by Crippen LogP contribution is -2.29. The van der Waals surface area contributed by atoms with Gasteiger partial charge in [-0.1, -0.05) is 6.07 Å². The van der Waals surface area contributed by atoms with Crippen molar-refractivity contribution in [1.82, 2.24) is 5.32 Å². The topological polar surface area (TPSA) is 72.3 Å². The van der Waals surface area contributed by atoms with E-state index >= 15 is 0 Å². The van der Waals surface area contributed by atoms with Gasteiger partial charge in [0.1, 0.15) is 17.1 Å². The molecule has 1 amide bonds. The van der Waals surface area contributed by atoms with Gasteiger partial charge >= 0.3 is 0 Å². The minimum Gasteiger partial charge on any atom is -0.496 e. The zero-order chi connectivity index (χ0) is 16.0. The Balaban J connectivity index is 1.94. The molecule has 1 N–H and O–H groups in total. The number of hydrogen-bond donors (Lipinski definition) is 1. The molecule has 0 bridgehead atoms. The monoisotopic (exact) mass is 301 g/mol. The van der Waals surface area contributed by atoms with Crippen LogP contribution in [0.4, 0.5) is 0 Å². The zero-order valence-electron chi connectivity index (χ0n) is 12.8. The van der Waals surface area contributed by atoms with Crippen LogP contribution in [0.25, 0.3) is 0 Å². The summed E-state index contributed by atoms with van der Waals surface area (Å²) in [5.74, 6) is 3.27. The molecule has 0 aromatic heterocycles. The number of amides is 1. The molecule has 0 aliphatic carbocycles.